The predicted molar refractivity (Wildman–Crippen MR) is 109 cm³/mol. The fourth-order valence-electron chi connectivity index (χ4n) is 4.18. The Bertz CT molecular complexity index is 800. The SMILES string of the molecule is COc1ccc(C(CNC(=O)C2COc3ccccc3C2)N2CCCC2)cc1. The molecule has 1 saturated heterocycles. The third-order valence-electron chi connectivity index (χ3n) is 5.80. The number of carbonyl (C=O) groups is 1. The second kappa shape index (κ2) is 8.65. The molecule has 2 unspecified atom stereocenters. The zero-order valence-electron chi connectivity index (χ0n) is 16.4. The van der Waals surface area contributed by atoms with Crippen LogP contribution in [-0.4, -0.2) is 44.2 Å². The van der Waals surface area contributed by atoms with Crippen LogP contribution < -0.4 is 14.8 Å². The summed E-state index contributed by atoms with van der Waals surface area (Å²) in [4.78, 5) is 15.3. The molecule has 1 N–H and O–H groups in total. The van der Waals surface area contributed by atoms with Gasteiger partial charge in [0.1, 0.15) is 18.1 Å². The molecule has 2 heterocycles. The van der Waals surface area contributed by atoms with Gasteiger partial charge >= 0.3 is 0 Å². The van der Waals surface area contributed by atoms with Crippen molar-refractivity contribution in [3.63, 3.8) is 0 Å². The molecule has 0 aromatic heterocycles. The Kier molecular flexibility index (Phi) is 5.81. The quantitative estimate of drug-likeness (QED) is 0.836. The molecule has 1 amide bonds. The van der Waals surface area contributed by atoms with Crippen molar-refractivity contribution in [3.05, 3.63) is 59.7 Å². The first kappa shape index (κ1) is 18.8. The molecule has 1 fully saturated rings. The maximum atomic E-state index is 12.8. The van der Waals surface area contributed by atoms with Gasteiger partial charge in [0, 0.05) is 6.54 Å². The molecule has 2 aliphatic rings. The van der Waals surface area contributed by atoms with Crippen molar-refractivity contribution >= 4 is 5.91 Å². The minimum Gasteiger partial charge on any atom is -0.497 e. The molecule has 0 saturated carbocycles. The van der Waals surface area contributed by atoms with Crippen molar-refractivity contribution in [2.75, 3.05) is 33.4 Å². The number of hydrogen-bond donors (Lipinski definition) is 1. The standard InChI is InChI=1S/C23H28N2O3/c1-27-20-10-8-17(9-11-20)21(25-12-4-5-13-25)15-24-23(26)19-14-18-6-2-3-7-22(18)28-16-19/h2-3,6-11,19,21H,4-5,12-16H2,1H3,(H,24,26). The molecule has 28 heavy (non-hydrogen) atoms. The summed E-state index contributed by atoms with van der Waals surface area (Å²) in [6.45, 7) is 3.21. The lowest BCUT2D eigenvalue weighted by Gasteiger charge is -2.30. The zero-order chi connectivity index (χ0) is 19.3. The second-order valence-corrected chi connectivity index (χ2v) is 7.60. The van der Waals surface area contributed by atoms with Gasteiger partial charge in [-0.15, -0.1) is 0 Å². The highest BCUT2D eigenvalue weighted by atomic mass is 16.5. The molecule has 5 heteroatoms. The van der Waals surface area contributed by atoms with Crippen LogP contribution in [-0.2, 0) is 11.2 Å². The number of ether oxygens (including phenoxy) is 2. The Morgan fingerprint density at radius 1 is 1.18 bits per heavy atom. The number of nitrogens with one attached hydrogen (secondary N) is 1. The number of carbonyl (C=O) groups excluding carboxylic acids is 1. The van der Waals surface area contributed by atoms with Crippen molar-refractivity contribution in [3.8, 4) is 11.5 Å². The highest BCUT2D eigenvalue weighted by Crippen LogP contribution is 2.28. The Hall–Kier alpha value is -2.53. The summed E-state index contributed by atoms with van der Waals surface area (Å²) in [5.74, 6) is 1.70. The molecule has 0 spiro atoms. The first-order valence-electron chi connectivity index (χ1n) is 10.1. The number of benzene rings is 2. The van der Waals surface area contributed by atoms with E-state index >= 15 is 0 Å². The fraction of sp³-hybridized carbons (Fsp3) is 0.435. The number of para-hydroxylation sites is 1. The van der Waals surface area contributed by atoms with Crippen LogP contribution in [0.2, 0.25) is 0 Å². The zero-order valence-corrected chi connectivity index (χ0v) is 16.4. The molecule has 2 atom stereocenters. The van der Waals surface area contributed by atoms with Crippen molar-refractivity contribution in [1.29, 1.82) is 0 Å². The monoisotopic (exact) mass is 380 g/mol. The first-order valence-corrected chi connectivity index (χ1v) is 10.1. The van der Waals surface area contributed by atoms with Crippen LogP contribution in [0.15, 0.2) is 48.5 Å². The molecule has 148 valence electrons. The summed E-state index contributed by atoms with van der Waals surface area (Å²) in [6, 6.07) is 16.4. The Morgan fingerprint density at radius 2 is 1.93 bits per heavy atom. The van der Waals surface area contributed by atoms with Crippen LogP contribution in [0.1, 0.15) is 30.0 Å². The van der Waals surface area contributed by atoms with Gasteiger partial charge in [0.25, 0.3) is 0 Å². The van der Waals surface area contributed by atoms with Crippen molar-refractivity contribution in [2.24, 2.45) is 5.92 Å². The number of amides is 1. The van der Waals surface area contributed by atoms with E-state index in [1.807, 2.05) is 36.4 Å². The van der Waals surface area contributed by atoms with E-state index in [1.54, 1.807) is 7.11 Å². The van der Waals surface area contributed by atoms with E-state index in [0.29, 0.717) is 13.2 Å². The average molecular weight is 380 g/mol. The van der Waals surface area contributed by atoms with Gasteiger partial charge in [-0.1, -0.05) is 30.3 Å². The van der Waals surface area contributed by atoms with Gasteiger partial charge in [0.05, 0.1) is 19.1 Å². The van der Waals surface area contributed by atoms with Gasteiger partial charge in [-0.3, -0.25) is 9.69 Å². The number of nitrogens with zero attached hydrogens (tertiary/aromatic N) is 1. The third-order valence-corrected chi connectivity index (χ3v) is 5.80. The summed E-state index contributed by atoms with van der Waals surface area (Å²) >= 11 is 0. The van der Waals surface area contributed by atoms with Gasteiger partial charge in [0.15, 0.2) is 0 Å². The average Bonchev–Trinajstić information content (AvgIpc) is 3.28. The van der Waals surface area contributed by atoms with E-state index < -0.39 is 0 Å². The van der Waals surface area contributed by atoms with Crippen molar-refractivity contribution in [2.45, 2.75) is 25.3 Å². The highest BCUT2D eigenvalue weighted by Gasteiger charge is 2.28. The molecule has 2 aromatic rings. The first-order chi connectivity index (χ1) is 13.7. The van der Waals surface area contributed by atoms with Gasteiger partial charge in [0.2, 0.25) is 5.91 Å². The molecule has 0 aliphatic carbocycles. The van der Waals surface area contributed by atoms with Crippen LogP contribution in [0, 0.1) is 5.92 Å². The number of methoxy groups -OCH3 is 1. The summed E-state index contributed by atoms with van der Waals surface area (Å²) in [7, 11) is 1.68. The van der Waals surface area contributed by atoms with Gasteiger partial charge in [-0.25, -0.2) is 0 Å². The second-order valence-electron chi connectivity index (χ2n) is 7.60. The molecular weight excluding hydrogens is 352 g/mol. The topological polar surface area (TPSA) is 50.8 Å². The van der Waals surface area contributed by atoms with E-state index in [1.165, 1.54) is 18.4 Å². The van der Waals surface area contributed by atoms with E-state index in [0.717, 1.165) is 36.6 Å². The van der Waals surface area contributed by atoms with Crippen LogP contribution in [0.5, 0.6) is 11.5 Å². The number of fused-ring (bicyclic) bond motifs is 1. The van der Waals surface area contributed by atoms with E-state index in [-0.39, 0.29) is 17.9 Å². The summed E-state index contributed by atoms with van der Waals surface area (Å²) in [5, 5.41) is 3.20. The van der Waals surface area contributed by atoms with Crippen molar-refractivity contribution < 1.29 is 14.3 Å². The van der Waals surface area contributed by atoms with E-state index in [2.05, 4.69) is 22.3 Å². The number of likely N-dealkylation sites (tertiary alicyclic amines) is 1. The summed E-state index contributed by atoms with van der Waals surface area (Å²) in [5.41, 5.74) is 2.33. The Balaban J connectivity index is 1.41. The van der Waals surface area contributed by atoms with Gasteiger partial charge in [-0.05, 0) is 61.7 Å². The lowest BCUT2D eigenvalue weighted by atomic mass is 9.96. The molecule has 0 bridgehead atoms. The van der Waals surface area contributed by atoms with Crippen LogP contribution in [0.25, 0.3) is 0 Å². The van der Waals surface area contributed by atoms with Crippen LogP contribution >= 0.6 is 0 Å². The maximum absolute atomic E-state index is 12.8. The molecule has 2 aromatic carbocycles. The Labute approximate surface area is 166 Å². The van der Waals surface area contributed by atoms with Crippen LogP contribution in [0.3, 0.4) is 0 Å². The lowest BCUT2D eigenvalue weighted by Crippen LogP contribution is -2.42. The smallest absolute Gasteiger partial charge is 0.226 e. The lowest BCUT2D eigenvalue weighted by molar-refractivity contribution is -0.126. The Morgan fingerprint density at radius 3 is 2.68 bits per heavy atom. The molecule has 4 rings (SSSR count). The summed E-state index contributed by atoms with van der Waals surface area (Å²) in [6.07, 6.45) is 3.17. The molecule has 5 nitrogen and oxygen atoms in total. The largest absolute Gasteiger partial charge is 0.497 e. The maximum Gasteiger partial charge on any atom is 0.226 e. The normalized spacial score (nSPS) is 20.1. The van der Waals surface area contributed by atoms with E-state index in [9.17, 15) is 4.79 Å². The van der Waals surface area contributed by atoms with Crippen molar-refractivity contribution in [1.82, 2.24) is 10.2 Å². The summed E-state index contributed by atoms with van der Waals surface area (Å²) < 4.78 is 11.1. The van der Waals surface area contributed by atoms with E-state index in [4.69, 9.17) is 9.47 Å². The van der Waals surface area contributed by atoms with Gasteiger partial charge in [-0.2, -0.15) is 0 Å². The fourth-order valence-corrected chi connectivity index (χ4v) is 4.18. The van der Waals surface area contributed by atoms with Gasteiger partial charge < -0.3 is 14.8 Å². The number of rotatable bonds is 6. The highest BCUT2D eigenvalue weighted by molar-refractivity contribution is 5.79. The molecule has 0 radical (unpaired) electrons. The number of hydrogen-bond acceptors (Lipinski definition) is 4. The third kappa shape index (κ3) is 4.14. The molecule has 2 aliphatic heterocycles. The minimum atomic E-state index is -0.134. The minimum absolute atomic E-state index is 0.0761. The van der Waals surface area contributed by atoms with Crippen LogP contribution in [0.4, 0.5) is 0 Å². The predicted octanol–water partition coefficient (Wildman–Crippen LogP) is 3.20. The molecular formula is C23H28N2O3.